The standard InChI is InChI=1S/C11H23NS2/c1-5-6-12-8(2)11-7-13-9(3)10(4)14-11/h8-12H,5-7H2,1-4H3. The fourth-order valence-electron chi connectivity index (χ4n) is 1.57. The van der Waals surface area contributed by atoms with E-state index in [0.29, 0.717) is 6.04 Å². The van der Waals surface area contributed by atoms with Crippen molar-refractivity contribution in [3.8, 4) is 0 Å². The summed E-state index contributed by atoms with van der Waals surface area (Å²) in [6.07, 6.45) is 1.24. The molecule has 1 heterocycles. The molecule has 0 spiro atoms. The monoisotopic (exact) mass is 233 g/mol. The number of hydrogen-bond donors (Lipinski definition) is 1. The minimum absolute atomic E-state index is 0.669. The van der Waals surface area contributed by atoms with Gasteiger partial charge in [-0.25, -0.2) is 0 Å². The van der Waals surface area contributed by atoms with Gasteiger partial charge < -0.3 is 5.32 Å². The van der Waals surface area contributed by atoms with Crippen molar-refractivity contribution >= 4 is 23.5 Å². The van der Waals surface area contributed by atoms with Gasteiger partial charge in [0, 0.05) is 27.5 Å². The highest BCUT2D eigenvalue weighted by Gasteiger charge is 2.28. The van der Waals surface area contributed by atoms with Crippen LogP contribution in [0.3, 0.4) is 0 Å². The molecule has 84 valence electrons. The molecule has 0 aromatic rings. The molecule has 4 atom stereocenters. The summed E-state index contributed by atoms with van der Waals surface area (Å²) in [5.41, 5.74) is 0. The number of rotatable bonds is 4. The summed E-state index contributed by atoms with van der Waals surface area (Å²) in [7, 11) is 0. The molecule has 1 N–H and O–H groups in total. The minimum atomic E-state index is 0.669. The first-order valence-electron chi connectivity index (χ1n) is 5.65. The van der Waals surface area contributed by atoms with Crippen LogP contribution >= 0.6 is 23.5 Å². The second kappa shape index (κ2) is 6.29. The Morgan fingerprint density at radius 1 is 1.36 bits per heavy atom. The van der Waals surface area contributed by atoms with Gasteiger partial charge in [0.05, 0.1) is 0 Å². The molecule has 4 unspecified atom stereocenters. The van der Waals surface area contributed by atoms with Crippen LogP contribution in [0.2, 0.25) is 0 Å². The lowest BCUT2D eigenvalue weighted by atomic mass is 10.2. The minimum Gasteiger partial charge on any atom is -0.313 e. The number of hydrogen-bond acceptors (Lipinski definition) is 3. The number of nitrogens with one attached hydrogen (secondary N) is 1. The Hall–Kier alpha value is 0.660. The third-order valence-corrected chi connectivity index (χ3v) is 6.48. The van der Waals surface area contributed by atoms with Gasteiger partial charge in [0.25, 0.3) is 0 Å². The molecule has 0 aromatic carbocycles. The van der Waals surface area contributed by atoms with Crippen LogP contribution < -0.4 is 5.32 Å². The Kier molecular flexibility index (Phi) is 5.72. The van der Waals surface area contributed by atoms with E-state index in [0.717, 1.165) is 22.3 Å². The van der Waals surface area contributed by atoms with Gasteiger partial charge in [0.1, 0.15) is 0 Å². The molecule has 1 rings (SSSR count). The summed E-state index contributed by atoms with van der Waals surface area (Å²) < 4.78 is 0. The second-order valence-electron chi connectivity index (χ2n) is 4.16. The first kappa shape index (κ1) is 12.7. The molecule has 3 heteroatoms. The van der Waals surface area contributed by atoms with E-state index in [1.54, 1.807) is 0 Å². The van der Waals surface area contributed by atoms with Crippen molar-refractivity contribution in [3.05, 3.63) is 0 Å². The molecule has 14 heavy (non-hydrogen) atoms. The van der Waals surface area contributed by atoms with Crippen LogP contribution in [0.4, 0.5) is 0 Å². The molecule has 1 fully saturated rings. The lowest BCUT2D eigenvalue weighted by molar-refractivity contribution is 0.542. The van der Waals surface area contributed by atoms with Crippen LogP contribution in [0.15, 0.2) is 0 Å². The topological polar surface area (TPSA) is 12.0 Å². The molecular formula is C11H23NS2. The fourth-order valence-corrected chi connectivity index (χ4v) is 4.71. The Morgan fingerprint density at radius 3 is 2.64 bits per heavy atom. The number of thioether (sulfide) groups is 2. The molecule has 0 radical (unpaired) electrons. The highest BCUT2D eigenvalue weighted by atomic mass is 32.2. The maximum atomic E-state index is 3.60. The maximum Gasteiger partial charge on any atom is 0.0292 e. The Balaban J connectivity index is 2.30. The van der Waals surface area contributed by atoms with Gasteiger partial charge in [-0.05, 0) is 19.9 Å². The Bertz CT molecular complexity index is 163. The molecule has 0 saturated carbocycles. The van der Waals surface area contributed by atoms with E-state index in [2.05, 4.69) is 56.5 Å². The Labute approximate surface area is 97.2 Å². The highest BCUT2D eigenvalue weighted by Crippen LogP contribution is 2.36. The van der Waals surface area contributed by atoms with Gasteiger partial charge in [0.15, 0.2) is 0 Å². The molecule has 0 amide bonds. The predicted octanol–water partition coefficient (Wildman–Crippen LogP) is 3.00. The summed E-state index contributed by atoms with van der Waals surface area (Å²) in [4.78, 5) is 0. The van der Waals surface area contributed by atoms with Crippen molar-refractivity contribution in [3.63, 3.8) is 0 Å². The summed E-state index contributed by atoms with van der Waals surface area (Å²) in [6.45, 7) is 10.4. The SMILES string of the molecule is CCCNC(C)C1CSC(C)C(C)S1. The van der Waals surface area contributed by atoms with Gasteiger partial charge in [-0.2, -0.15) is 23.5 Å². The van der Waals surface area contributed by atoms with E-state index in [9.17, 15) is 0 Å². The smallest absolute Gasteiger partial charge is 0.0292 e. The van der Waals surface area contributed by atoms with Crippen molar-refractivity contribution < 1.29 is 0 Å². The van der Waals surface area contributed by atoms with Crippen molar-refractivity contribution in [1.29, 1.82) is 0 Å². The van der Waals surface area contributed by atoms with E-state index < -0.39 is 0 Å². The lowest BCUT2D eigenvalue weighted by Crippen LogP contribution is -2.41. The fraction of sp³-hybridized carbons (Fsp3) is 1.00. The second-order valence-corrected chi connectivity index (χ2v) is 7.19. The average Bonchev–Trinajstić information content (AvgIpc) is 2.18. The molecule has 1 aliphatic heterocycles. The van der Waals surface area contributed by atoms with Gasteiger partial charge in [0.2, 0.25) is 0 Å². The van der Waals surface area contributed by atoms with Gasteiger partial charge >= 0.3 is 0 Å². The molecule has 1 aliphatic rings. The zero-order chi connectivity index (χ0) is 10.6. The van der Waals surface area contributed by atoms with Crippen molar-refractivity contribution in [2.75, 3.05) is 12.3 Å². The van der Waals surface area contributed by atoms with E-state index in [1.165, 1.54) is 12.2 Å². The molecular weight excluding hydrogens is 210 g/mol. The molecule has 0 bridgehead atoms. The average molecular weight is 233 g/mol. The maximum absolute atomic E-state index is 3.60. The summed E-state index contributed by atoms with van der Waals surface area (Å²) >= 11 is 4.30. The van der Waals surface area contributed by atoms with Gasteiger partial charge in [-0.3, -0.25) is 0 Å². The van der Waals surface area contributed by atoms with Crippen molar-refractivity contribution in [1.82, 2.24) is 5.32 Å². The van der Waals surface area contributed by atoms with Crippen LogP contribution in [0.5, 0.6) is 0 Å². The molecule has 0 aromatic heterocycles. The van der Waals surface area contributed by atoms with E-state index in [4.69, 9.17) is 0 Å². The molecule has 1 nitrogen and oxygen atoms in total. The Morgan fingerprint density at radius 2 is 2.07 bits per heavy atom. The zero-order valence-electron chi connectivity index (χ0n) is 9.75. The third kappa shape index (κ3) is 3.67. The molecule has 0 aliphatic carbocycles. The predicted molar refractivity (Wildman–Crippen MR) is 70.5 cm³/mol. The first-order valence-corrected chi connectivity index (χ1v) is 7.64. The van der Waals surface area contributed by atoms with Crippen LogP contribution in [0.25, 0.3) is 0 Å². The lowest BCUT2D eigenvalue weighted by Gasteiger charge is -2.34. The van der Waals surface area contributed by atoms with Gasteiger partial charge in [-0.1, -0.05) is 20.8 Å². The summed E-state index contributed by atoms with van der Waals surface area (Å²) in [6, 6.07) is 0.669. The van der Waals surface area contributed by atoms with Crippen LogP contribution in [-0.4, -0.2) is 34.1 Å². The van der Waals surface area contributed by atoms with E-state index >= 15 is 0 Å². The zero-order valence-corrected chi connectivity index (χ0v) is 11.4. The quantitative estimate of drug-likeness (QED) is 0.802. The van der Waals surface area contributed by atoms with Crippen LogP contribution in [-0.2, 0) is 0 Å². The van der Waals surface area contributed by atoms with E-state index in [-0.39, 0.29) is 0 Å². The summed E-state index contributed by atoms with van der Waals surface area (Å²) in [5.74, 6) is 1.31. The normalized spacial score (nSPS) is 35.6. The largest absolute Gasteiger partial charge is 0.313 e. The highest BCUT2D eigenvalue weighted by molar-refractivity contribution is 8.07. The van der Waals surface area contributed by atoms with Crippen LogP contribution in [0.1, 0.15) is 34.1 Å². The first-order chi connectivity index (χ1) is 6.65. The van der Waals surface area contributed by atoms with Gasteiger partial charge in [-0.15, -0.1) is 0 Å². The van der Waals surface area contributed by atoms with Crippen molar-refractivity contribution in [2.24, 2.45) is 0 Å². The van der Waals surface area contributed by atoms with Crippen LogP contribution in [0, 0.1) is 0 Å². The molecule has 1 saturated heterocycles. The third-order valence-electron chi connectivity index (χ3n) is 2.85. The van der Waals surface area contributed by atoms with E-state index in [1.807, 2.05) is 0 Å². The van der Waals surface area contributed by atoms with Crippen molar-refractivity contribution in [2.45, 2.75) is 55.9 Å². The summed E-state index contributed by atoms with van der Waals surface area (Å²) in [5, 5.41) is 6.04.